The number of benzene rings is 2. The van der Waals surface area contributed by atoms with Crippen molar-refractivity contribution < 1.29 is 33.0 Å². The Morgan fingerprint density at radius 1 is 1.00 bits per heavy atom. The minimum atomic E-state index is -2.88. The van der Waals surface area contributed by atoms with Gasteiger partial charge >= 0.3 is 12.1 Å². The van der Waals surface area contributed by atoms with Gasteiger partial charge in [-0.3, -0.25) is 9.59 Å². The van der Waals surface area contributed by atoms with Crippen molar-refractivity contribution in [3.8, 4) is 11.1 Å². The Hall–Kier alpha value is -3.49. The molecule has 3 N–H and O–H groups in total. The summed E-state index contributed by atoms with van der Waals surface area (Å²) in [4.78, 5) is 35.3. The third-order valence-corrected chi connectivity index (χ3v) is 5.10. The van der Waals surface area contributed by atoms with E-state index < -0.39 is 42.9 Å². The molecule has 0 heterocycles. The second-order valence-electron chi connectivity index (χ2n) is 7.22. The first-order valence-corrected chi connectivity index (χ1v) is 9.70. The van der Waals surface area contributed by atoms with Gasteiger partial charge in [-0.1, -0.05) is 48.5 Å². The first kappa shape index (κ1) is 22.2. The number of hydrogen-bond acceptors (Lipinski definition) is 4. The average Bonchev–Trinajstić information content (AvgIpc) is 3.05. The van der Waals surface area contributed by atoms with Crippen LogP contribution in [0.1, 0.15) is 30.4 Å². The van der Waals surface area contributed by atoms with Crippen LogP contribution in [0.15, 0.2) is 48.5 Å². The first-order valence-electron chi connectivity index (χ1n) is 9.70. The van der Waals surface area contributed by atoms with Gasteiger partial charge in [0.05, 0.1) is 0 Å². The van der Waals surface area contributed by atoms with Crippen LogP contribution in [0.3, 0.4) is 0 Å². The highest BCUT2D eigenvalue weighted by Crippen LogP contribution is 2.44. The molecule has 0 aromatic heterocycles. The molecule has 0 saturated heterocycles. The number of alkyl halides is 2. The number of amides is 2. The largest absolute Gasteiger partial charge is 0.480 e. The fourth-order valence-electron chi connectivity index (χ4n) is 3.57. The van der Waals surface area contributed by atoms with Gasteiger partial charge in [0.2, 0.25) is 12.3 Å². The van der Waals surface area contributed by atoms with Gasteiger partial charge in [0, 0.05) is 12.3 Å². The molecular weight excluding hydrogens is 410 g/mol. The molecule has 0 bridgehead atoms. The molecule has 0 radical (unpaired) electrons. The van der Waals surface area contributed by atoms with Crippen molar-refractivity contribution in [1.29, 1.82) is 0 Å². The molecule has 7 nitrogen and oxygen atoms in total. The van der Waals surface area contributed by atoms with Crippen LogP contribution in [-0.4, -0.2) is 48.2 Å². The standard InChI is InChI=1S/C22H22F2N2O5/c1-12(21(28)29)25-20(27)18(10-19(23)24)26-22(30)31-11-17-15-8-4-2-6-13(15)14-7-3-5-9-16(14)17/h2-9,12,17-19H,10-11H2,1H3,(H,25,27)(H,26,30)(H,28,29)/t12-,18?/m0/s1. The molecule has 3 rings (SSSR count). The fourth-order valence-corrected chi connectivity index (χ4v) is 3.57. The molecule has 31 heavy (non-hydrogen) atoms. The lowest BCUT2D eigenvalue weighted by atomic mass is 9.98. The van der Waals surface area contributed by atoms with E-state index in [0.717, 1.165) is 22.3 Å². The van der Waals surface area contributed by atoms with E-state index in [1.165, 1.54) is 6.92 Å². The first-order chi connectivity index (χ1) is 14.8. The van der Waals surface area contributed by atoms with Gasteiger partial charge in [-0.25, -0.2) is 13.6 Å². The monoisotopic (exact) mass is 432 g/mol. The van der Waals surface area contributed by atoms with E-state index in [0.29, 0.717) is 0 Å². The molecule has 0 spiro atoms. The number of halogens is 2. The highest BCUT2D eigenvalue weighted by molar-refractivity contribution is 5.89. The van der Waals surface area contributed by atoms with Gasteiger partial charge in [0.25, 0.3) is 0 Å². The van der Waals surface area contributed by atoms with E-state index in [4.69, 9.17) is 9.84 Å². The number of nitrogens with one attached hydrogen (secondary N) is 2. The topological polar surface area (TPSA) is 105 Å². The minimum Gasteiger partial charge on any atom is -0.480 e. The molecule has 0 saturated carbocycles. The van der Waals surface area contributed by atoms with E-state index >= 15 is 0 Å². The average molecular weight is 432 g/mol. The summed E-state index contributed by atoms with van der Waals surface area (Å²) in [6, 6.07) is 12.5. The normalized spacial score (nSPS) is 14.3. The highest BCUT2D eigenvalue weighted by atomic mass is 19.3. The summed E-state index contributed by atoms with van der Waals surface area (Å²) < 4.78 is 31.0. The molecule has 9 heteroatoms. The van der Waals surface area contributed by atoms with Gasteiger partial charge in [-0.05, 0) is 29.2 Å². The number of rotatable bonds is 8. The lowest BCUT2D eigenvalue weighted by Gasteiger charge is -2.20. The van der Waals surface area contributed by atoms with Crippen LogP contribution in [0.4, 0.5) is 13.6 Å². The fraction of sp³-hybridized carbons (Fsp3) is 0.318. The molecule has 2 aromatic carbocycles. The van der Waals surface area contributed by atoms with Crippen molar-refractivity contribution in [3.05, 3.63) is 59.7 Å². The molecule has 2 atom stereocenters. The lowest BCUT2D eigenvalue weighted by Crippen LogP contribution is -2.51. The summed E-state index contributed by atoms with van der Waals surface area (Å²) in [6.45, 7) is 1.14. The molecule has 164 valence electrons. The van der Waals surface area contributed by atoms with Crippen molar-refractivity contribution in [2.75, 3.05) is 6.61 Å². The van der Waals surface area contributed by atoms with Crippen LogP contribution in [-0.2, 0) is 14.3 Å². The Labute approximate surface area is 177 Å². The number of carbonyl (C=O) groups excluding carboxylic acids is 2. The lowest BCUT2D eigenvalue weighted by molar-refractivity contribution is -0.141. The van der Waals surface area contributed by atoms with Gasteiger partial charge < -0.3 is 20.5 Å². The van der Waals surface area contributed by atoms with Crippen LogP contribution >= 0.6 is 0 Å². The number of carboxylic acid groups (broad SMARTS) is 1. The Morgan fingerprint density at radius 3 is 2.06 bits per heavy atom. The molecule has 2 amide bonds. The second-order valence-corrected chi connectivity index (χ2v) is 7.22. The number of fused-ring (bicyclic) bond motifs is 3. The van der Waals surface area contributed by atoms with Gasteiger partial charge in [-0.15, -0.1) is 0 Å². The number of aliphatic carboxylic acids is 1. The highest BCUT2D eigenvalue weighted by Gasteiger charge is 2.31. The van der Waals surface area contributed by atoms with Crippen LogP contribution in [0, 0.1) is 0 Å². The molecule has 0 fully saturated rings. The van der Waals surface area contributed by atoms with E-state index in [1.807, 2.05) is 48.5 Å². The van der Waals surface area contributed by atoms with E-state index in [9.17, 15) is 23.2 Å². The molecular formula is C22H22F2N2O5. The number of carboxylic acids is 1. The summed E-state index contributed by atoms with van der Waals surface area (Å²) in [5, 5.41) is 13.1. The van der Waals surface area contributed by atoms with Gasteiger partial charge in [0.1, 0.15) is 18.7 Å². The van der Waals surface area contributed by atoms with E-state index in [-0.39, 0.29) is 12.5 Å². The number of alkyl carbamates (subject to hydrolysis) is 1. The predicted octanol–water partition coefficient (Wildman–Crippen LogP) is 3.14. The Kier molecular flexibility index (Phi) is 6.84. The zero-order valence-corrected chi connectivity index (χ0v) is 16.7. The summed E-state index contributed by atoms with van der Waals surface area (Å²) in [5.74, 6) is -2.58. The van der Waals surface area contributed by atoms with Gasteiger partial charge in [-0.2, -0.15) is 0 Å². The SMILES string of the molecule is C[C@H](NC(=O)C(CC(F)F)NC(=O)OCC1c2ccccc2-c2ccccc21)C(=O)O. The quantitative estimate of drug-likeness (QED) is 0.595. The van der Waals surface area contributed by atoms with Crippen molar-refractivity contribution in [2.24, 2.45) is 0 Å². The van der Waals surface area contributed by atoms with Crippen LogP contribution in [0.25, 0.3) is 11.1 Å². The Balaban J connectivity index is 1.66. The number of carbonyl (C=O) groups is 3. The summed E-state index contributed by atoms with van der Waals surface area (Å²) in [5.41, 5.74) is 4.02. The maximum Gasteiger partial charge on any atom is 0.407 e. The molecule has 1 unspecified atom stereocenters. The van der Waals surface area contributed by atoms with E-state index in [2.05, 4.69) is 10.6 Å². The van der Waals surface area contributed by atoms with Crippen molar-refractivity contribution in [3.63, 3.8) is 0 Å². The van der Waals surface area contributed by atoms with Crippen LogP contribution in [0.5, 0.6) is 0 Å². The van der Waals surface area contributed by atoms with E-state index in [1.54, 1.807) is 0 Å². The van der Waals surface area contributed by atoms with Crippen LogP contribution in [0.2, 0.25) is 0 Å². The molecule has 1 aliphatic rings. The Bertz CT molecular complexity index is 936. The number of hydrogen-bond donors (Lipinski definition) is 3. The number of ether oxygens (including phenoxy) is 1. The van der Waals surface area contributed by atoms with Crippen molar-refractivity contribution >= 4 is 18.0 Å². The zero-order valence-electron chi connectivity index (χ0n) is 16.7. The molecule has 0 aliphatic heterocycles. The Morgan fingerprint density at radius 2 is 1.55 bits per heavy atom. The predicted molar refractivity (Wildman–Crippen MR) is 108 cm³/mol. The smallest absolute Gasteiger partial charge is 0.407 e. The maximum absolute atomic E-state index is 12.9. The van der Waals surface area contributed by atoms with Crippen LogP contribution < -0.4 is 10.6 Å². The molecule has 2 aromatic rings. The minimum absolute atomic E-state index is 0.0472. The summed E-state index contributed by atoms with van der Waals surface area (Å²) in [7, 11) is 0. The maximum atomic E-state index is 12.9. The van der Waals surface area contributed by atoms with Crippen molar-refractivity contribution in [1.82, 2.24) is 10.6 Å². The van der Waals surface area contributed by atoms with Crippen molar-refractivity contribution in [2.45, 2.75) is 37.8 Å². The third kappa shape index (κ3) is 5.17. The molecule has 1 aliphatic carbocycles. The summed E-state index contributed by atoms with van der Waals surface area (Å²) in [6.07, 6.45) is -4.89. The second kappa shape index (κ2) is 9.55. The van der Waals surface area contributed by atoms with Gasteiger partial charge in [0.15, 0.2) is 0 Å². The third-order valence-electron chi connectivity index (χ3n) is 5.10. The zero-order chi connectivity index (χ0) is 22.5. The summed E-state index contributed by atoms with van der Waals surface area (Å²) >= 11 is 0.